The van der Waals surface area contributed by atoms with E-state index in [1.165, 1.54) is 0 Å². The minimum atomic E-state index is -0.274. The molecule has 0 aliphatic carbocycles. The Hall–Kier alpha value is -1.61. The largest absolute Gasteiger partial charge is 0.361 e. The second-order valence-electron chi connectivity index (χ2n) is 4.50. The van der Waals surface area contributed by atoms with Gasteiger partial charge in [-0.3, -0.25) is 0 Å². The summed E-state index contributed by atoms with van der Waals surface area (Å²) in [6.07, 6.45) is 2.88. The van der Waals surface area contributed by atoms with Gasteiger partial charge in [0.1, 0.15) is 6.29 Å². The molecular formula is C14H17N2O. The summed E-state index contributed by atoms with van der Waals surface area (Å²) in [5.74, 6) is -0.274. The van der Waals surface area contributed by atoms with E-state index in [1.54, 1.807) is 0 Å². The summed E-state index contributed by atoms with van der Waals surface area (Å²) < 4.78 is 0. The van der Waals surface area contributed by atoms with Gasteiger partial charge in [-0.25, -0.2) is 0 Å². The highest BCUT2D eigenvalue weighted by molar-refractivity contribution is 5.84. The third-order valence-corrected chi connectivity index (χ3v) is 3.08. The van der Waals surface area contributed by atoms with Crippen molar-refractivity contribution in [2.75, 3.05) is 14.1 Å². The molecule has 0 saturated heterocycles. The Morgan fingerprint density at radius 3 is 2.71 bits per heavy atom. The molecule has 0 fully saturated rings. The lowest BCUT2D eigenvalue weighted by Gasteiger charge is -2.26. The Balaban J connectivity index is 2.52. The van der Waals surface area contributed by atoms with Crippen LogP contribution < -0.4 is 0 Å². The third kappa shape index (κ3) is 2.11. The molecule has 0 aliphatic rings. The van der Waals surface area contributed by atoms with Gasteiger partial charge in [0.25, 0.3) is 0 Å². The minimum Gasteiger partial charge on any atom is -0.361 e. The van der Waals surface area contributed by atoms with Gasteiger partial charge in [-0.2, -0.15) is 0 Å². The van der Waals surface area contributed by atoms with Gasteiger partial charge in [0.05, 0.1) is 0 Å². The van der Waals surface area contributed by atoms with E-state index in [2.05, 4.69) is 18.0 Å². The van der Waals surface area contributed by atoms with Crippen LogP contribution in [0.4, 0.5) is 0 Å². The molecule has 3 nitrogen and oxygen atoms in total. The van der Waals surface area contributed by atoms with Crippen LogP contribution in [0, 0.1) is 12.8 Å². The average molecular weight is 229 g/mol. The smallest absolute Gasteiger partial charge is 0.124 e. The summed E-state index contributed by atoms with van der Waals surface area (Å²) in [5.41, 5.74) is 2.21. The molecule has 2 unspecified atom stereocenters. The molecule has 3 heteroatoms. The molecule has 0 aliphatic heterocycles. The summed E-state index contributed by atoms with van der Waals surface area (Å²) in [4.78, 5) is 16.2. The molecular weight excluding hydrogens is 212 g/mol. The van der Waals surface area contributed by atoms with E-state index in [-0.39, 0.29) is 12.0 Å². The number of hydrogen-bond donors (Lipinski definition) is 1. The number of H-pyrrole nitrogens is 1. The van der Waals surface area contributed by atoms with E-state index >= 15 is 0 Å². The number of aromatic nitrogens is 1. The Morgan fingerprint density at radius 2 is 2.06 bits per heavy atom. The van der Waals surface area contributed by atoms with Crippen LogP contribution in [0.2, 0.25) is 0 Å². The highest BCUT2D eigenvalue weighted by Crippen LogP contribution is 2.31. The summed E-state index contributed by atoms with van der Waals surface area (Å²) in [6, 6.07) is 8.10. The van der Waals surface area contributed by atoms with Crippen LogP contribution in [0.3, 0.4) is 0 Å². The maximum Gasteiger partial charge on any atom is 0.124 e. The second kappa shape index (κ2) is 4.72. The second-order valence-corrected chi connectivity index (χ2v) is 4.50. The van der Waals surface area contributed by atoms with E-state index in [1.807, 2.05) is 43.4 Å². The Kier molecular flexibility index (Phi) is 3.29. The molecule has 0 amide bonds. The number of benzene rings is 1. The van der Waals surface area contributed by atoms with Gasteiger partial charge < -0.3 is 14.7 Å². The standard InChI is InChI=1S/C14H17N2O/c1-10(9-17)14(16(2)3)12-8-15-13-7-5-4-6-11(12)13/h4-10,14-15H,1H2,2-3H3. The van der Waals surface area contributed by atoms with Crippen molar-refractivity contribution in [3.05, 3.63) is 42.9 Å². The van der Waals surface area contributed by atoms with Crippen molar-refractivity contribution < 1.29 is 4.79 Å². The maximum absolute atomic E-state index is 11.0. The van der Waals surface area contributed by atoms with E-state index in [9.17, 15) is 4.79 Å². The number of carbonyl (C=O) groups excluding carboxylic acids is 1. The number of carbonyl (C=O) groups is 1. The first-order valence-electron chi connectivity index (χ1n) is 5.66. The zero-order chi connectivity index (χ0) is 12.4. The fourth-order valence-electron chi connectivity index (χ4n) is 2.30. The van der Waals surface area contributed by atoms with Gasteiger partial charge in [-0.15, -0.1) is 0 Å². The number of fused-ring (bicyclic) bond motifs is 1. The van der Waals surface area contributed by atoms with E-state index in [4.69, 9.17) is 0 Å². The predicted molar refractivity (Wildman–Crippen MR) is 69.6 cm³/mol. The highest BCUT2D eigenvalue weighted by Gasteiger charge is 2.23. The fourth-order valence-corrected chi connectivity index (χ4v) is 2.30. The highest BCUT2D eigenvalue weighted by atomic mass is 16.1. The predicted octanol–water partition coefficient (Wildman–Crippen LogP) is 2.42. The SMILES string of the molecule is [CH2]C(C=O)C(c1c[nH]c2ccccc12)N(C)C. The number of hydrogen-bond acceptors (Lipinski definition) is 2. The minimum absolute atomic E-state index is 0.00338. The zero-order valence-electron chi connectivity index (χ0n) is 10.2. The Bertz CT molecular complexity index is 516. The van der Waals surface area contributed by atoms with Crippen molar-refractivity contribution in [2.24, 2.45) is 5.92 Å². The van der Waals surface area contributed by atoms with Crippen molar-refractivity contribution in [3.63, 3.8) is 0 Å². The number of nitrogens with zero attached hydrogens (tertiary/aromatic N) is 1. The number of nitrogens with one attached hydrogen (secondary N) is 1. The topological polar surface area (TPSA) is 36.1 Å². The molecule has 0 bridgehead atoms. The van der Waals surface area contributed by atoms with Gasteiger partial charge in [-0.05, 0) is 32.6 Å². The lowest BCUT2D eigenvalue weighted by atomic mass is 9.94. The molecule has 2 rings (SSSR count). The van der Waals surface area contributed by atoms with Gasteiger partial charge in [0, 0.05) is 29.1 Å². The first-order valence-corrected chi connectivity index (χ1v) is 5.66. The van der Waals surface area contributed by atoms with Gasteiger partial charge in [0.2, 0.25) is 0 Å². The van der Waals surface area contributed by atoms with Crippen molar-refractivity contribution in [1.82, 2.24) is 9.88 Å². The van der Waals surface area contributed by atoms with Crippen LogP contribution in [0.5, 0.6) is 0 Å². The van der Waals surface area contributed by atoms with E-state index in [0.717, 1.165) is 22.8 Å². The molecule has 2 atom stereocenters. The molecule has 0 saturated carbocycles. The molecule has 1 aromatic heterocycles. The number of aromatic amines is 1. The quantitative estimate of drug-likeness (QED) is 0.817. The van der Waals surface area contributed by atoms with Gasteiger partial charge >= 0.3 is 0 Å². The van der Waals surface area contributed by atoms with E-state index in [0.29, 0.717) is 0 Å². The third-order valence-electron chi connectivity index (χ3n) is 3.08. The Labute approximate surface area is 101 Å². The van der Waals surface area contributed by atoms with Crippen molar-refractivity contribution in [1.29, 1.82) is 0 Å². The monoisotopic (exact) mass is 229 g/mol. The normalized spacial score (nSPS) is 15.1. The number of aldehydes is 1. The van der Waals surface area contributed by atoms with Crippen LogP contribution >= 0.6 is 0 Å². The zero-order valence-corrected chi connectivity index (χ0v) is 10.2. The summed E-state index contributed by atoms with van der Waals surface area (Å²) in [6.45, 7) is 3.92. The fraction of sp³-hybridized carbons (Fsp3) is 0.286. The summed E-state index contributed by atoms with van der Waals surface area (Å²) in [7, 11) is 3.93. The van der Waals surface area contributed by atoms with Crippen molar-refractivity contribution >= 4 is 17.2 Å². The molecule has 1 radical (unpaired) electrons. The van der Waals surface area contributed by atoms with Gasteiger partial charge in [0.15, 0.2) is 0 Å². The lowest BCUT2D eigenvalue weighted by molar-refractivity contribution is -0.111. The van der Waals surface area contributed by atoms with Crippen LogP contribution in [-0.4, -0.2) is 30.3 Å². The van der Waals surface area contributed by atoms with Crippen LogP contribution in [-0.2, 0) is 4.79 Å². The molecule has 89 valence electrons. The summed E-state index contributed by atoms with van der Waals surface area (Å²) >= 11 is 0. The molecule has 1 aromatic carbocycles. The molecule has 17 heavy (non-hydrogen) atoms. The van der Waals surface area contributed by atoms with E-state index < -0.39 is 0 Å². The van der Waals surface area contributed by atoms with Crippen LogP contribution in [0.25, 0.3) is 10.9 Å². The number of para-hydroxylation sites is 1. The average Bonchev–Trinajstić information content (AvgIpc) is 2.73. The van der Waals surface area contributed by atoms with Crippen molar-refractivity contribution in [2.45, 2.75) is 6.04 Å². The van der Waals surface area contributed by atoms with Crippen LogP contribution in [0.1, 0.15) is 11.6 Å². The lowest BCUT2D eigenvalue weighted by Crippen LogP contribution is -2.26. The maximum atomic E-state index is 11.0. The first kappa shape index (κ1) is 11.9. The molecule has 2 aromatic rings. The molecule has 1 N–H and O–H groups in total. The van der Waals surface area contributed by atoms with Gasteiger partial charge in [-0.1, -0.05) is 18.2 Å². The molecule has 1 heterocycles. The Morgan fingerprint density at radius 1 is 1.35 bits per heavy atom. The van der Waals surface area contributed by atoms with Crippen LogP contribution in [0.15, 0.2) is 30.5 Å². The van der Waals surface area contributed by atoms with Crippen molar-refractivity contribution in [3.8, 4) is 0 Å². The summed E-state index contributed by atoms with van der Waals surface area (Å²) in [5, 5.41) is 1.15. The number of rotatable bonds is 4. The first-order chi connectivity index (χ1) is 8.15. The molecule has 0 spiro atoms.